The van der Waals surface area contributed by atoms with Gasteiger partial charge in [0.1, 0.15) is 12.4 Å². The van der Waals surface area contributed by atoms with Gasteiger partial charge in [-0.15, -0.1) is 0 Å². The number of carbonyl (C=O) groups is 1. The van der Waals surface area contributed by atoms with Crippen LogP contribution in [0.4, 0.5) is 10.1 Å². The number of nitrogens with zero attached hydrogens (tertiary/aromatic N) is 1. The fourth-order valence-corrected chi connectivity index (χ4v) is 3.61. The Labute approximate surface area is 141 Å². The molecule has 0 aliphatic heterocycles. The molecule has 2 aromatic carbocycles. The standard InChI is InChI=1S/C15H13BrFNO4S/c1-10-8-12(4-7-14(10)16)18(9-15(19)20)23(21,22)13-5-2-11(17)3-6-13/h2-8H,9H2,1H3,(H,19,20). The van der Waals surface area contributed by atoms with Gasteiger partial charge in [-0.3, -0.25) is 9.10 Å². The van der Waals surface area contributed by atoms with E-state index in [1.807, 2.05) is 0 Å². The molecule has 2 aromatic rings. The summed E-state index contributed by atoms with van der Waals surface area (Å²) in [6.07, 6.45) is 0. The lowest BCUT2D eigenvalue weighted by Crippen LogP contribution is -2.35. The van der Waals surface area contributed by atoms with Crippen LogP contribution in [0, 0.1) is 12.7 Å². The molecule has 2 rings (SSSR count). The van der Waals surface area contributed by atoms with Crippen molar-refractivity contribution < 1.29 is 22.7 Å². The number of hydrogen-bond acceptors (Lipinski definition) is 3. The molecule has 0 fully saturated rings. The molecule has 0 heterocycles. The van der Waals surface area contributed by atoms with E-state index in [1.165, 1.54) is 6.07 Å². The van der Waals surface area contributed by atoms with Crippen molar-refractivity contribution in [1.29, 1.82) is 0 Å². The highest BCUT2D eigenvalue weighted by Gasteiger charge is 2.27. The number of halogens is 2. The van der Waals surface area contributed by atoms with Crippen LogP contribution in [-0.4, -0.2) is 26.0 Å². The Morgan fingerprint density at radius 3 is 2.35 bits per heavy atom. The monoisotopic (exact) mass is 401 g/mol. The lowest BCUT2D eigenvalue weighted by molar-refractivity contribution is -0.135. The zero-order chi connectivity index (χ0) is 17.2. The topological polar surface area (TPSA) is 74.7 Å². The van der Waals surface area contributed by atoms with Crippen molar-refractivity contribution in [3.8, 4) is 0 Å². The van der Waals surface area contributed by atoms with E-state index in [4.69, 9.17) is 5.11 Å². The predicted molar refractivity (Wildman–Crippen MR) is 87.4 cm³/mol. The van der Waals surface area contributed by atoms with Crippen LogP contribution in [0.5, 0.6) is 0 Å². The first kappa shape index (κ1) is 17.4. The summed E-state index contributed by atoms with van der Waals surface area (Å²) in [5.41, 5.74) is 0.976. The first-order chi connectivity index (χ1) is 10.7. The van der Waals surface area contributed by atoms with Gasteiger partial charge < -0.3 is 5.11 Å². The zero-order valence-electron chi connectivity index (χ0n) is 12.0. The molecule has 23 heavy (non-hydrogen) atoms. The SMILES string of the molecule is Cc1cc(N(CC(=O)O)S(=O)(=O)c2ccc(F)cc2)ccc1Br. The van der Waals surface area contributed by atoms with Crippen molar-refractivity contribution in [2.75, 3.05) is 10.8 Å². The summed E-state index contributed by atoms with van der Waals surface area (Å²) < 4.78 is 40.0. The van der Waals surface area contributed by atoms with E-state index >= 15 is 0 Å². The highest BCUT2D eigenvalue weighted by atomic mass is 79.9. The van der Waals surface area contributed by atoms with Crippen molar-refractivity contribution in [2.45, 2.75) is 11.8 Å². The molecule has 122 valence electrons. The Kier molecular flexibility index (Phi) is 5.06. The van der Waals surface area contributed by atoms with Gasteiger partial charge in [-0.05, 0) is 55.0 Å². The molecule has 5 nitrogen and oxygen atoms in total. The minimum atomic E-state index is -4.13. The maximum Gasteiger partial charge on any atom is 0.324 e. The van der Waals surface area contributed by atoms with Crippen LogP contribution in [0.15, 0.2) is 51.8 Å². The number of benzene rings is 2. The molecular formula is C15H13BrFNO4S. The van der Waals surface area contributed by atoms with E-state index in [9.17, 15) is 17.6 Å². The second kappa shape index (κ2) is 6.67. The largest absolute Gasteiger partial charge is 0.480 e. The third-order valence-electron chi connectivity index (χ3n) is 3.11. The van der Waals surface area contributed by atoms with Crippen LogP contribution < -0.4 is 4.31 Å². The van der Waals surface area contributed by atoms with E-state index < -0.39 is 28.4 Å². The van der Waals surface area contributed by atoms with E-state index in [1.54, 1.807) is 19.1 Å². The summed E-state index contributed by atoms with van der Waals surface area (Å²) in [6.45, 7) is 1.03. The third kappa shape index (κ3) is 3.89. The number of carboxylic acids is 1. The fraction of sp³-hybridized carbons (Fsp3) is 0.133. The average molecular weight is 402 g/mol. The van der Waals surface area contributed by atoms with Gasteiger partial charge in [-0.1, -0.05) is 15.9 Å². The van der Waals surface area contributed by atoms with Gasteiger partial charge >= 0.3 is 5.97 Å². The number of rotatable bonds is 5. The summed E-state index contributed by atoms with van der Waals surface area (Å²) >= 11 is 3.31. The van der Waals surface area contributed by atoms with Crippen LogP contribution in [0.25, 0.3) is 0 Å². The maximum absolute atomic E-state index is 13.0. The first-order valence-corrected chi connectivity index (χ1v) is 8.71. The van der Waals surface area contributed by atoms with Gasteiger partial charge in [0.25, 0.3) is 10.0 Å². The summed E-state index contributed by atoms with van der Waals surface area (Å²) in [6, 6.07) is 8.93. The Morgan fingerprint density at radius 2 is 1.83 bits per heavy atom. The van der Waals surface area contributed by atoms with Gasteiger partial charge in [0.2, 0.25) is 0 Å². The number of aliphatic carboxylic acids is 1. The van der Waals surface area contributed by atoms with Crippen LogP contribution in [-0.2, 0) is 14.8 Å². The smallest absolute Gasteiger partial charge is 0.324 e. The molecule has 0 bridgehead atoms. The van der Waals surface area contributed by atoms with Gasteiger partial charge in [0.05, 0.1) is 10.6 Å². The first-order valence-electron chi connectivity index (χ1n) is 6.48. The molecule has 0 amide bonds. The highest BCUT2D eigenvalue weighted by molar-refractivity contribution is 9.10. The van der Waals surface area contributed by atoms with Crippen molar-refractivity contribution >= 4 is 37.6 Å². The quantitative estimate of drug-likeness (QED) is 0.834. The van der Waals surface area contributed by atoms with Crippen LogP contribution in [0.3, 0.4) is 0 Å². The molecule has 0 spiro atoms. The van der Waals surface area contributed by atoms with Gasteiger partial charge in [-0.2, -0.15) is 0 Å². The molecule has 1 N–H and O–H groups in total. The van der Waals surface area contributed by atoms with Crippen molar-refractivity contribution in [2.24, 2.45) is 0 Å². The lowest BCUT2D eigenvalue weighted by atomic mass is 10.2. The Hall–Kier alpha value is -1.93. The van der Waals surface area contributed by atoms with Crippen molar-refractivity contribution in [3.63, 3.8) is 0 Å². The second-order valence-corrected chi connectivity index (χ2v) is 7.51. The molecule has 0 aliphatic carbocycles. The third-order valence-corrected chi connectivity index (χ3v) is 5.79. The maximum atomic E-state index is 13.0. The molecule has 0 aromatic heterocycles. The molecule has 0 aliphatic rings. The van der Waals surface area contributed by atoms with Crippen molar-refractivity contribution in [3.05, 3.63) is 58.3 Å². The molecular weight excluding hydrogens is 389 g/mol. The normalized spacial score (nSPS) is 11.3. The summed E-state index contributed by atoms with van der Waals surface area (Å²) in [5, 5.41) is 9.05. The average Bonchev–Trinajstić information content (AvgIpc) is 2.48. The number of sulfonamides is 1. The van der Waals surface area contributed by atoms with Crippen molar-refractivity contribution in [1.82, 2.24) is 0 Å². The number of aryl methyl sites for hydroxylation is 1. The fourth-order valence-electron chi connectivity index (χ4n) is 1.96. The van der Waals surface area contributed by atoms with E-state index in [0.29, 0.717) is 0 Å². The molecule has 0 unspecified atom stereocenters. The minimum absolute atomic E-state index is 0.180. The Balaban J connectivity index is 2.55. The van der Waals surface area contributed by atoms with Crippen LogP contribution in [0.2, 0.25) is 0 Å². The van der Waals surface area contributed by atoms with Crippen LogP contribution >= 0.6 is 15.9 Å². The Morgan fingerprint density at radius 1 is 1.22 bits per heavy atom. The molecule has 0 atom stereocenters. The molecule has 8 heteroatoms. The summed E-state index contributed by atoms with van der Waals surface area (Å²) in [5.74, 6) is -1.87. The van der Waals surface area contributed by atoms with E-state index in [2.05, 4.69) is 15.9 Å². The number of carboxylic acid groups (broad SMARTS) is 1. The van der Waals surface area contributed by atoms with Crippen LogP contribution in [0.1, 0.15) is 5.56 Å². The molecule has 0 saturated carbocycles. The summed E-state index contributed by atoms with van der Waals surface area (Å²) in [4.78, 5) is 10.9. The minimum Gasteiger partial charge on any atom is -0.480 e. The van der Waals surface area contributed by atoms with E-state index in [-0.39, 0.29) is 10.6 Å². The second-order valence-electron chi connectivity index (χ2n) is 4.79. The number of anilines is 1. The zero-order valence-corrected chi connectivity index (χ0v) is 14.4. The van der Waals surface area contributed by atoms with Gasteiger partial charge in [0, 0.05) is 4.47 Å². The Bertz CT molecular complexity index is 837. The lowest BCUT2D eigenvalue weighted by Gasteiger charge is -2.23. The molecule has 0 radical (unpaired) electrons. The predicted octanol–water partition coefficient (Wildman–Crippen LogP) is 3.18. The van der Waals surface area contributed by atoms with Gasteiger partial charge in [-0.25, -0.2) is 12.8 Å². The van der Waals surface area contributed by atoms with E-state index in [0.717, 1.165) is 38.6 Å². The number of hydrogen-bond donors (Lipinski definition) is 1. The summed E-state index contributed by atoms with van der Waals surface area (Å²) in [7, 11) is -4.13. The van der Waals surface area contributed by atoms with Gasteiger partial charge in [0.15, 0.2) is 0 Å². The highest BCUT2D eigenvalue weighted by Crippen LogP contribution is 2.27. The molecule has 0 saturated heterocycles.